The molecule has 1 atom stereocenters. The van der Waals surface area contributed by atoms with E-state index in [1.165, 1.54) is 0 Å². The first-order chi connectivity index (χ1) is 12.1. The van der Waals surface area contributed by atoms with E-state index in [1.54, 1.807) is 11.3 Å². The number of hydrogen-bond acceptors (Lipinski definition) is 4. The lowest BCUT2D eigenvalue weighted by Gasteiger charge is -2.41. The van der Waals surface area contributed by atoms with Gasteiger partial charge in [0.2, 0.25) is 11.8 Å². The smallest absolute Gasteiger partial charge is 0.243 e. The van der Waals surface area contributed by atoms with Gasteiger partial charge in [-0.1, -0.05) is 12.8 Å². The molecule has 1 spiro atoms. The molecule has 0 bridgehead atoms. The van der Waals surface area contributed by atoms with Crippen LogP contribution in [0.5, 0.6) is 0 Å². The lowest BCUT2D eigenvalue weighted by atomic mass is 9.77. The summed E-state index contributed by atoms with van der Waals surface area (Å²) in [5, 5.41) is 13.6. The van der Waals surface area contributed by atoms with E-state index in [9.17, 15) is 14.9 Å². The van der Waals surface area contributed by atoms with Gasteiger partial charge in [0.15, 0.2) is 0 Å². The summed E-state index contributed by atoms with van der Waals surface area (Å²) in [6.45, 7) is 1.88. The van der Waals surface area contributed by atoms with Crippen LogP contribution in [0.4, 0.5) is 5.69 Å². The third-order valence-corrected chi connectivity index (χ3v) is 6.95. The molecule has 5 nitrogen and oxygen atoms in total. The molecule has 0 aromatic carbocycles. The molecule has 3 heterocycles. The van der Waals surface area contributed by atoms with Crippen molar-refractivity contribution < 1.29 is 9.59 Å². The molecule has 3 aliphatic rings. The highest BCUT2D eigenvalue weighted by Gasteiger charge is 2.52. The number of carbonyl (C=O) groups excluding carboxylic acids is 2. The third kappa shape index (κ3) is 2.56. The molecule has 0 N–H and O–H groups in total. The number of nitriles is 1. The van der Waals surface area contributed by atoms with Crippen molar-refractivity contribution in [1.29, 1.82) is 5.26 Å². The summed E-state index contributed by atoms with van der Waals surface area (Å²) in [6, 6.07) is 4.29. The predicted molar refractivity (Wildman–Crippen MR) is 96.1 cm³/mol. The quantitative estimate of drug-likeness (QED) is 0.816. The molecular weight excluding hydrogens is 334 g/mol. The Kier molecular flexibility index (Phi) is 4.07. The molecule has 0 radical (unpaired) electrons. The van der Waals surface area contributed by atoms with Crippen LogP contribution in [0.3, 0.4) is 0 Å². The van der Waals surface area contributed by atoms with E-state index in [0.717, 1.165) is 44.3 Å². The summed E-state index contributed by atoms with van der Waals surface area (Å²) in [4.78, 5) is 29.9. The Bertz CT molecular complexity index is 718. The van der Waals surface area contributed by atoms with Crippen LogP contribution in [0.25, 0.3) is 0 Å². The fraction of sp³-hybridized carbons (Fsp3) is 0.632. The number of piperidine rings is 1. The van der Waals surface area contributed by atoms with E-state index in [0.29, 0.717) is 25.9 Å². The standard InChI is InChI=1S/C19H23N3O2S/c20-13-18(5-1-2-6-18)16(23)21-9-3-7-19(14-21)8-10-22(17(19)24)15-4-11-25-12-15/h4,11-12H,1-3,5-10,14H2. The van der Waals surface area contributed by atoms with Gasteiger partial charge in [0.1, 0.15) is 5.41 Å². The van der Waals surface area contributed by atoms with Crippen LogP contribution in [-0.2, 0) is 9.59 Å². The van der Waals surface area contributed by atoms with Crippen LogP contribution >= 0.6 is 11.3 Å². The second-order valence-electron chi connectivity index (χ2n) is 7.70. The first-order valence-electron chi connectivity index (χ1n) is 9.15. The highest BCUT2D eigenvalue weighted by Crippen LogP contribution is 2.45. The maximum atomic E-state index is 13.1. The molecule has 1 unspecified atom stereocenters. The maximum absolute atomic E-state index is 13.1. The summed E-state index contributed by atoms with van der Waals surface area (Å²) >= 11 is 1.59. The number of thiophene rings is 1. The van der Waals surface area contributed by atoms with Crippen molar-refractivity contribution in [3.63, 3.8) is 0 Å². The van der Waals surface area contributed by atoms with Crippen LogP contribution in [0.1, 0.15) is 44.9 Å². The SMILES string of the molecule is N#CC1(C(=O)N2CCCC3(CCN(c4ccsc4)C3=O)C2)CCCC1. The normalized spacial score (nSPS) is 28.5. The monoisotopic (exact) mass is 357 g/mol. The van der Waals surface area contributed by atoms with Crippen LogP contribution < -0.4 is 4.90 Å². The van der Waals surface area contributed by atoms with Crippen molar-refractivity contribution in [2.24, 2.45) is 10.8 Å². The van der Waals surface area contributed by atoms with Gasteiger partial charge >= 0.3 is 0 Å². The topological polar surface area (TPSA) is 64.4 Å². The van der Waals surface area contributed by atoms with Crippen molar-refractivity contribution in [2.75, 3.05) is 24.5 Å². The van der Waals surface area contributed by atoms with Crippen molar-refractivity contribution in [3.8, 4) is 6.07 Å². The number of rotatable bonds is 2. The number of likely N-dealkylation sites (tertiary alicyclic amines) is 1. The zero-order chi connectivity index (χ0) is 17.5. The average Bonchev–Trinajstić information content (AvgIpc) is 3.37. The molecule has 132 valence electrons. The Balaban J connectivity index is 1.54. The molecule has 1 aromatic rings. The molecule has 6 heteroatoms. The average molecular weight is 357 g/mol. The minimum absolute atomic E-state index is 0.0339. The predicted octanol–water partition coefficient (Wildman–Crippen LogP) is 3.18. The van der Waals surface area contributed by atoms with Crippen LogP contribution in [-0.4, -0.2) is 36.3 Å². The minimum atomic E-state index is -0.840. The second kappa shape index (κ2) is 6.14. The fourth-order valence-corrected chi connectivity index (χ4v) is 5.46. The van der Waals surface area contributed by atoms with Crippen LogP contribution in [0.15, 0.2) is 16.8 Å². The largest absolute Gasteiger partial charge is 0.340 e. The Morgan fingerprint density at radius 2 is 1.96 bits per heavy atom. The van der Waals surface area contributed by atoms with Crippen LogP contribution in [0, 0.1) is 22.2 Å². The first-order valence-corrected chi connectivity index (χ1v) is 10.1. The van der Waals surface area contributed by atoms with Crippen molar-refractivity contribution in [3.05, 3.63) is 16.8 Å². The lowest BCUT2D eigenvalue weighted by molar-refractivity contribution is -0.144. The van der Waals surface area contributed by atoms with Gasteiger partial charge < -0.3 is 9.80 Å². The van der Waals surface area contributed by atoms with Gasteiger partial charge in [0.05, 0.1) is 17.2 Å². The van der Waals surface area contributed by atoms with Crippen molar-refractivity contribution in [1.82, 2.24) is 4.90 Å². The van der Waals surface area contributed by atoms with Crippen LogP contribution in [0.2, 0.25) is 0 Å². The summed E-state index contributed by atoms with van der Waals surface area (Å²) in [5.74, 6) is 0.120. The van der Waals surface area contributed by atoms with Gasteiger partial charge in [-0.3, -0.25) is 9.59 Å². The first kappa shape index (κ1) is 16.6. The zero-order valence-corrected chi connectivity index (χ0v) is 15.2. The van der Waals surface area contributed by atoms with E-state index in [1.807, 2.05) is 26.6 Å². The van der Waals surface area contributed by atoms with Gasteiger partial charge in [-0.25, -0.2) is 0 Å². The van der Waals surface area contributed by atoms with E-state index in [2.05, 4.69) is 6.07 Å². The Labute approximate surface area is 152 Å². The molecule has 2 amide bonds. The molecule has 3 fully saturated rings. The molecule has 1 aliphatic carbocycles. The molecular formula is C19H23N3O2S. The molecule has 1 saturated carbocycles. The van der Waals surface area contributed by atoms with Gasteiger partial charge in [0, 0.05) is 25.0 Å². The minimum Gasteiger partial charge on any atom is -0.340 e. The molecule has 1 aromatic heterocycles. The van der Waals surface area contributed by atoms with Crippen molar-refractivity contribution in [2.45, 2.75) is 44.9 Å². The number of carbonyl (C=O) groups is 2. The second-order valence-corrected chi connectivity index (χ2v) is 8.48. The molecule has 25 heavy (non-hydrogen) atoms. The number of amides is 2. The Morgan fingerprint density at radius 3 is 2.64 bits per heavy atom. The Hall–Kier alpha value is -1.87. The summed E-state index contributed by atoms with van der Waals surface area (Å²) in [6.07, 6.45) is 5.71. The summed E-state index contributed by atoms with van der Waals surface area (Å²) < 4.78 is 0. The summed E-state index contributed by atoms with van der Waals surface area (Å²) in [7, 11) is 0. The van der Waals surface area contributed by atoms with E-state index < -0.39 is 10.8 Å². The number of hydrogen-bond donors (Lipinski definition) is 0. The highest BCUT2D eigenvalue weighted by atomic mass is 32.1. The fourth-order valence-electron chi connectivity index (χ4n) is 4.82. The van der Waals surface area contributed by atoms with E-state index in [4.69, 9.17) is 0 Å². The third-order valence-electron chi connectivity index (χ3n) is 6.28. The van der Waals surface area contributed by atoms with E-state index >= 15 is 0 Å². The lowest BCUT2D eigenvalue weighted by Crippen LogP contribution is -2.53. The number of nitrogens with zero attached hydrogens (tertiary/aromatic N) is 3. The van der Waals surface area contributed by atoms with Gasteiger partial charge in [-0.05, 0) is 43.6 Å². The van der Waals surface area contributed by atoms with E-state index in [-0.39, 0.29) is 11.8 Å². The zero-order valence-electron chi connectivity index (χ0n) is 14.4. The van der Waals surface area contributed by atoms with Gasteiger partial charge in [0.25, 0.3) is 0 Å². The number of anilines is 1. The maximum Gasteiger partial charge on any atom is 0.243 e. The summed E-state index contributed by atoms with van der Waals surface area (Å²) in [5.41, 5.74) is -0.321. The molecule has 2 saturated heterocycles. The Morgan fingerprint density at radius 1 is 1.16 bits per heavy atom. The highest BCUT2D eigenvalue weighted by molar-refractivity contribution is 7.08. The molecule has 2 aliphatic heterocycles. The van der Waals surface area contributed by atoms with Gasteiger partial charge in [-0.15, -0.1) is 0 Å². The van der Waals surface area contributed by atoms with Crippen molar-refractivity contribution >= 4 is 28.8 Å². The molecule has 4 rings (SSSR count). The van der Waals surface area contributed by atoms with Gasteiger partial charge in [-0.2, -0.15) is 16.6 Å².